The summed E-state index contributed by atoms with van der Waals surface area (Å²) >= 11 is 6.17. The predicted octanol–water partition coefficient (Wildman–Crippen LogP) is 3.91. The molecule has 1 aromatic rings. The molecule has 3 rings (SSSR count). The van der Waals surface area contributed by atoms with Crippen molar-refractivity contribution < 1.29 is 4.74 Å². The van der Waals surface area contributed by atoms with Crippen LogP contribution in [0.25, 0.3) is 0 Å². The standard InChI is InChI=1S/C16H22ClNO/c17-13-7-3-2-6-12(13)11-19-15-10-14(18)16(15)8-4-1-5-9-16/h2-3,6-7,14-15H,1,4-5,8-11,18H2. The average molecular weight is 280 g/mol. The number of ether oxygens (including phenoxy) is 1. The van der Waals surface area contributed by atoms with Crippen molar-refractivity contribution in [2.75, 3.05) is 0 Å². The first-order valence-electron chi connectivity index (χ1n) is 7.33. The van der Waals surface area contributed by atoms with Gasteiger partial charge in [0.25, 0.3) is 0 Å². The molecular formula is C16H22ClNO. The average Bonchev–Trinajstić information content (AvgIpc) is 2.46. The molecule has 0 aromatic heterocycles. The van der Waals surface area contributed by atoms with Gasteiger partial charge in [0.2, 0.25) is 0 Å². The maximum Gasteiger partial charge on any atom is 0.0735 e. The van der Waals surface area contributed by atoms with Gasteiger partial charge >= 0.3 is 0 Å². The minimum atomic E-state index is 0.263. The van der Waals surface area contributed by atoms with Gasteiger partial charge in [-0.1, -0.05) is 49.1 Å². The first-order valence-corrected chi connectivity index (χ1v) is 7.71. The lowest BCUT2D eigenvalue weighted by Gasteiger charge is -2.56. The lowest BCUT2D eigenvalue weighted by atomic mass is 9.55. The lowest BCUT2D eigenvalue weighted by Crippen LogP contribution is -2.62. The molecule has 1 spiro atoms. The number of nitrogens with two attached hydrogens (primary N) is 1. The second kappa shape index (κ2) is 5.43. The van der Waals surface area contributed by atoms with Crippen LogP contribution in [0.4, 0.5) is 0 Å². The summed E-state index contributed by atoms with van der Waals surface area (Å²) in [5.41, 5.74) is 7.61. The molecule has 0 amide bonds. The third kappa shape index (κ3) is 2.42. The maximum absolute atomic E-state index is 6.27. The Hall–Kier alpha value is -0.570. The molecule has 104 valence electrons. The molecule has 2 N–H and O–H groups in total. The van der Waals surface area contributed by atoms with E-state index in [2.05, 4.69) is 0 Å². The van der Waals surface area contributed by atoms with E-state index in [-0.39, 0.29) is 5.41 Å². The smallest absolute Gasteiger partial charge is 0.0735 e. The topological polar surface area (TPSA) is 35.2 Å². The Labute approximate surface area is 120 Å². The fraction of sp³-hybridized carbons (Fsp3) is 0.625. The Bertz CT molecular complexity index is 442. The lowest BCUT2D eigenvalue weighted by molar-refractivity contribution is -0.149. The van der Waals surface area contributed by atoms with Gasteiger partial charge in [-0.2, -0.15) is 0 Å². The van der Waals surface area contributed by atoms with Gasteiger partial charge in [0.1, 0.15) is 0 Å². The van der Waals surface area contributed by atoms with Crippen molar-refractivity contribution in [3.63, 3.8) is 0 Å². The van der Waals surface area contributed by atoms with Crippen molar-refractivity contribution >= 4 is 11.6 Å². The highest BCUT2D eigenvalue weighted by molar-refractivity contribution is 6.31. The molecule has 2 fully saturated rings. The summed E-state index contributed by atoms with van der Waals surface area (Å²) in [7, 11) is 0. The highest BCUT2D eigenvalue weighted by Gasteiger charge is 2.53. The van der Waals surface area contributed by atoms with Gasteiger partial charge in [0.05, 0.1) is 12.7 Å². The zero-order chi connectivity index (χ0) is 13.3. The number of benzene rings is 1. The molecule has 2 atom stereocenters. The van der Waals surface area contributed by atoms with Gasteiger partial charge in [0.15, 0.2) is 0 Å². The zero-order valence-electron chi connectivity index (χ0n) is 11.3. The minimum absolute atomic E-state index is 0.263. The van der Waals surface area contributed by atoms with Crippen LogP contribution in [0, 0.1) is 5.41 Å². The van der Waals surface area contributed by atoms with Crippen LogP contribution < -0.4 is 5.73 Å². The van der Waals surface area contributed by atoms with Gasteiger partial charge in [-0.15, -0.1) is 0 Å². The largest absolute Gasteiger partial charge is 0.373 e. The van der Waals surface area contributed by atoms with Gasteiger partial charge in [-0.3, -0.25) is 0 Å². The normalized spacial score (nSPS) is 29.2. The van der Waals surface area contributed by atoms with E-state index in [1.165, 1.54) is 32.1 Å². The van der Waals surface area contributed by atoms with E-state index in [1.807, 2.05) is 24.3 Å². The van der Waals surface area contributed by atoms with Gasteiger partial charge in [-0.25, -0.2) is 0 Å². The quantitative estimate of drug-likeness (QED) is 0.910. The number of halogens is 1. The predicted molar refractivity (Wildman–Crippen MR) is 78.1 cm³/mol. The van der Waals surface area contributed by atoms with Crippen LogP contribution in [0.2, 0.25) is 5.02 Å². The van der Waals surface area contributed by atoms with Gasteiger partial charge in [0, 0.05) is 16.5 Å². The summed E-state index contributed by atoms with van der Waals surface area (Å²) in [6.45, 7) is 0.610. The Kier molecular flexibility index (Phi) is 3.84. The van der Waals surface area contributed by atoms with Crippen LogP contribution in [-0.2, 0) is 11.3 Å². The summed E-state index contributed by atoms with van der Waals surface area (Å²) < 4.78 is 6.14. The molecule has 3 heteroatoms. The summed E-state index contributed by atoms with van der Waals surface area (Å²) in [6.07, 6.45) is 7.78. The minimum Gasteiger partial charge on any atom is -0.373 e. The molecule has 2 saturated carbocycles. The van der Waals surface area contributed by atoms with E-state index >= 15 is 0 Å². The van der Waals surface area contributed by atoms with E-state index in [9.17, 15) is 0 Å². The fourth-order valence-corrected chi connectivity index (χ4v) is 3.91. The van der Waals surface area contributed by atoms with Crippen molar-refractivity contribution in [3.8, 4) is 0 Å². The number of hydrogen-bond donors (Lipinski definition) is 1. The molecule has 0 aliphatic heterocycles. The third-order valence-electron chi connectivity index (χ3n) is 5.03. The van der Waals surface area contributed by atoms with E-state index in [1.54, 1.807) is 0 Å². The molecule has 2 aliphatic rings. The molecule has 2 aliphatic carbocycles. The zero-order valence-corrected chi connectivity index (χ0v) is 12.0. The van der Waals surface area contributed by atoms with Crippen LogP contribution in [0.15, 0.2) is 24.3 Å². The van der Waals surface area contributed by atoms with Crippen molar-refractivity contribution in [1.82, 2.24) is 0 Å². The van der Waals surface area contributed by atoms with E-state index < -0.39 is 0 Å². The SMILES string of the molecule is NC1CC(OCc2ccccc2Cl)C12CCCCC2. The summed E-state index contributed by atoms with van der Waals surface area (Å²) in [4.78, 5) is 0. The monoisotopic (exact) mass is 279 g/mol. The number of hydrogen-bond acceptors (Lipinski definition) is 2. The molecule has 0 heterocycles. The molecule has 19 heavy (non-hydrogen) atoms. The summed E-state index contributed by atoms with van der Waals surface area (Å²) in [5.74, 6) is 0. The fourth-order valence-electron chi connectivity index (χ4n) is 3.72. The van der Waals surface area contributed by atoms with Crippen LogP contribution >= 0.6 is 11.6 Å². The molecule has 0 radical (unpaired) electrons. The van der Waals surface area contributed by atoms with Crippen LogP contribution in [-0.4, -0.2) is 12.1 Å². The Morgan fingerprint density at radius 1 is 1.21 bits per heavy atom. The van der Waals surface area contributed by atoms with Crippen molar-refractivity contribution in [1.29, 1.82) is 0 Å². The molecule has 1 aromatic carbocycles. The highest BCUT2D eigenvalue weighted by atomic mass is 35.5. The molecular weight excluding hydrogens is 258 g/mol. The van der Waals surface area contributed by atoms with E-state index in [4.69, 9.17) is 22.1 Å². The summed E-state index contributed by atoms with van der Waals surface area (Å²) in [5, 5.41) is 0.795. The van der Waals surface area contributed by atoms with Gasteiger partial charge < -0.3 is 10.5 Å². The Balaban J connectivity index is 1.63. The summed E-state index contributed by atoms with van der Waals surface area (Å²) in [6, 6.07) is 8.25. The Morgan fingerprint density at radius 2 is 1.95 bits per heavy atom. The van der Waals surface area contributed by atoms with E-state index in [0.717, 1.165) is 17.0 Å². The highest BCUT2D eigenvalue weighted by Crippen LogP contribution is 2.52. The van der Waals surface area contributed by atoms with E-state index in [0.29, 0.717) is 18.8 Å². The molecule has 0 bridgehead atoms. The van der Waals surface area contributed by atoms with Crippen molar-refractivity contribution in [3.05, 3.63) is 34.9 Å². The third-order valence-corrected chi connectivity index (χ3v) is 5.40. The van der Waals surface area contributed by atoms with Crippen molar-refractivity contribution in [2.45, 2.75) is 57.3 Å². The Morgan fingerprint density at radius 3 is 2.63 bits per heavy atom. The molecule has 2 nitrogen and oxygen atoms in total. The van der Waals surface area contributed by atoms with Crippen LogP contribution in [0.5, 0.6) is 0 Å². The first kappa shape index (κ1) is 13.4. The number of rotatable bonds is 3. The second-order valence-corrected chi connectivity index (χ2v) is 6.43. The molecule has 2 unspecified atom stereocenters. The molecule has 0 saturated heterocycles. The van der Waals surface area contributed by atoms with Gasteiger partial charge in [-0.05, 0) is 30.9 Å². The van der Waals surface area contributed by atoms with Crippen molar-refractivity contribution in [2.24, 2.45) is 11.1 Å². The van der Waals surface area contributed by atoms with Crippen LogP contribution in [0.3, 0.4) is 0 Å². The van der Waals surface area contributed by atoms with Crippen LogP contribution in [0.1, 0.15) is 44.1 Å². The maximum atomic E-state index is 6.27. The first-order chi connectivity index (χ1) is 9.22. The second-order valence-electron chi connectivity index (χ2n) is 6.03.